The highest BCUT2D eigenvalue weighted by Gasteiger charge is 2.53. The summed E-state index contributed by atoms with van der Waals surface area (Å²) in [6, 6.07) is 0.902. The fourth-order valence-electron chi connectivity index (χ4n) is 4.63. The van der Waals surface area contributed by atoms with E-state index in [1.165, 1.54) is 25.8 Å². The molecule has 0 saturated heterocycles. The van der Waals surface area contributed by atoms with Gasteiger partial charge in [0.05, 0.1) is 0 Å². The molecule has 5 unspecified atom stereocenters. The molecule has 0 aromatic carbocycles. The summed E-state index contributed by atoms with van der Waals surface area (Å²) >= 11 is 0. The van der Waals surface area contributed by atoms with Gasteiger partial charge in [-0.05, 0) is 62.3 Å². The molecule has 3 aliphatic rings. The van der Waals surface area contributed by atoms with Crippen molar-refractivity contribution in [2.45, 2.75) is 51.5 Å². The average Bonchev–Trinajstić information content (AvgIpc) is 2.85. The van der Waals surface area contributed by atoms with Crippen molar-refractivity contribution >= 4 is 0 Å². The van der Waals surface area contributed by atoms with Crippen LogP contribution >= 0.6 is 0 Å². The molecule has 0 heterocycles. The third-order valence-electron chi connectivity index (χ3n) is 5.09. The van der Waals surface area contributed by atoms with Gasteiger partial charge in [-0.1, -0.05) is 13.3 Å². The van der Waals surface area contributed by atoms with E-state index < -0.39 is 0 Å². The predicted molar refractivity (Wildman–Crippen MR) is 59.1 cm³/mol. The number of fused-ring (bicyclic) bond motifs is 5. The topological polar surface area (TPSA) is 12.0 Å². The van der Waals surface area contributed by atoms with E-state index in [0.29, 0.717) is 0 Å². The second-order valence-electron chi connectivity index (χ2n) is 5.71. The Labute approximate surface area is 87.7 Å². The summed E-state index contributed by atoms with van der Waals surface area (Å²) in [6.45, 7) is 3.52. The molecule has 3 aliphatic carbocycles. The second kappa shape index (κ2) is 3.52. The zero-order valence-electron chi connectivity index (χ0n) is 9.34. The Kier molecular flexibility index (Phi) is 2.31. The van der Waals surface area contributed by atoms with E-state index in [9.17, 15) is 0 Å². The van der Waals surface area contributed by atoms with Crippen LogP contribution in [0.15, 0.2) is 0 Å². The van der Waals surface area contributed by atoms with Crippen LogP contribution in [0.5, 0.6) is 0 Å². The van der Waals surface area contributed by atoms with Gasteiger partial charge in [0.1, 0.15) is 0 Å². The van der Waals surface area contributed by atoms with Crippen molar-refractivity contribution in [3.05, 3.63) is 0 Å². The fourth-order valence-corrected chi connectivity index (χ4v) is 4.63. The molecule has 1 N–H and O–H groups in total. The van der Waals surface area contributed by atoms with Crippen molar-refractivity contribution in [3.63, 3.8) is 0 Å². The largest absolute Gasteiger partial charge is 0.314 e. The summed E-state index contributed by atoms with van der Waals surface area (Å²) in [4.78, 5) is 0. The lowest BCUT2D eigenvalue weighted by Gasteiger charge is -2.32. The Balaban J connectivity index is 1.65. The van der Waals surface area contributed by atoms with Crippen molar-refractivity contribution in [2.24, 2.45) is 23.7 Å². The maximum atomic E-state index is 3.78. The molecule has 1 heteroatoms. The first-order valence-corrected chi connectivity index (χ1v) is 6.63. The maximum absolute atomic E-state index is 3.78. The molecule has 5 atom stereocenters. The number of hydrogen-bond acceptors (Lipinski definition) is 1. The van der Waals surface area contributed by atoms with E-state index >= 15 is 0 Å². The summed E-state index contributed by atoms with van der Waals surface area (Å²) in [7, 11) is 0. The van der Waals surface area contributed by atoms with Crippen LogP contribution in [-0.2, 0) is 0 Å². The second-order valence-corrected chi connectivity index (χ2v) is 5.71. The fraction of sp³-hybridized carbons (Fsp3) is 1.00. The monoisotopic (exact) mass is 193 g/mol. The number of rotatable bonds is 3. The van der Waals surface area contributed by atoms with Gasteiger partial charge in [0.15, 0.2) is 0 Å². The van der Waals surface area contributed by atoms with Gasteiger partial charge in [-0.2, -0.15) is 0 Å². The predicted octanol–water partition coefficient (Wildman–Crippen LogP) is 2.81. The summed E-state index contributed by atoms with van der Waals surface area (Å²) in [5.41, 5.74) is 0. The van der Waals surface area contributed by atoms with E-state index in [0.717, 1.165) is 29.7 Å². The molecule has 3 fully saturated rings. The van der Waals surface area contributed by atoms with Crippen molar-refractivity contribution < 1.29 is 0 Å². The quantitative estimate of drug-likeness (QED) is 0.727. The highest BCUT2D eigenvalue weighted by atomic mass is 14.9. The van der Waals surface area contributed by atoms with Crippen molar-refractivity contribution in [1.82, 2.24) is 5.32 Å². The van der Waals surface area contributed by atoms with Gasteiger partial charge in [0.25, 0.3) is 0 Å². The summed E-state index contributed by atoms with van der Waals surface area (Å²) in [5, 5.41) is 3.78. The van der Waals surface area contributed by atoms with Crippen molar-refractivity contribution in [2.75, 3.05) is 6.54 Å². The molecule has 0 radical (unpaired) electrons. The third-order valence-corrected chi connectivity index (χ3v) is 5.09. The number of nitrogens with one attached hydrogen (secondary N) is 1. The minimum atomic E-state index is 0.902. The summed E-state index contributed by atoms with van der Waals surface area (Å²) in [6.07, 6.45) is 9.01. The van der Waals surface area contributed by atoms with Crippen LogP contribution in [0.4, 0.5) is 0 Å². The Morgan fingerprint density at radius 2 is 1.93 bits per heavy atom. The molecule has 0 aromatic heterocycles. The molecule has 0 spiro atoms. The van der Waals surface area contributed by atoms with Gasteiger partial charge in [-0.3, -0.25) is 0 Å². The van der Waals surface area contributed by atoms with Gasteiger partial charge in [0, 0.05) is 6.04 Å². The van der Waals surface area contributed by atoms with Crippen LogP contribution in [-0.4, -0.2) is 12.6 Å². The van der Waals surface area contributed by atoms with Gasteiger partial charge in [-0.15, -0.1) is 0 Å². The lowest BCUT2D eigenvalue weighted by Crippen LogP contribution is -2.39. The minimum Gasteiger partial charge on any atom is -0.314 e. The molecule has 0 aromatic rings. The molecule has 3 rings (SSSR count). The van der Waals surface area contributed by atoms with Crippen molar-refractivity contribution in [1.29, 1.82) is 0 Å². The molecular formula is C13H23N. The molecule has 0 aliphatic heterocycles. The SMILES string of the molecule is CCCNC1CC2CC1C1CCCC21. The van der Waals surface area contributed by atoms with Gasteiger partial charge in [0.2, 0.25) is 0 Å². The Morgan fingerprint density at radius 3 is 2.79 bits per heavy atom. The highest BCUT2D eigenvalue weighted by Crippen LogP contribution is 2.58. The van der Waals surface area contributed by atoms with Crippen LogP contribution in [0.1, 0.15) is 45.4 Å². The Bertz CT molecular complexity index is 213. The molecule has 14 heavy (non-hydrogen) atoms. The van der Waals surface area contributed by atoms with Crippen LogP contribution in [0.2, 0.25) is 0 Å². The van der Waals surface area contributed by atoms with E-state index in [1.54, 1.807) is 19.3 Å². The lowest BCUT2D eigenvalue weighted by molar-refractivity contribution is 0.209. The first kappa shape index (κ1) is 9.21. The van der Waals surface area contributed by atoms with Crippen LogP contribution in [0.3, 0.4) is 0 Å². The van der Waals surface area contributed by atoms with E-state index in [4.69, 9.17) is 0 Å². The van der Waals surface area contributed by atoms with Gasteiger partial charge in [-0.25, -0.2) is 0 Å². The average molecular weight is 193 g/mol. The summed E-state index contributed by atoms with van der Waals surface area (Å²) < 4.78 is 0. The molecule has 2 bridgehead atoms. The normalized spacial score (nSPS) is 49.9. The molecule has 3 saturated carbocycles. The molecule has 0 amide bonds. The van der Waals surface area contributed by atoms with Crippen molar-refractivity contribution in [3.8, 4) is 0 Å². The van der Waals surface area contributed by atoms with E-state index in [2.05, 4.69) is 12.2 Å². The van der Waals surface area contributed by atoms with Gasteiger partial charge >= 0.3 is 0 Å². The van der Waals surface area contributed by atoms with Crippen LogP contribution < -0.4 is 5.32 Å². The van der Waals surface area contributed by atoms with E-state index in [-0.39, 0.29) is 0 Å². The van der Waals surface area contributed by atoms with E-state index in [1.807, 2.05) is 0 Å². The minimum absolute atomic E-state index is 0.902. The zero-order valence-corrected chi connectivity index (χ0v) is 9.34. The number of hydrogen-bond donors (Lipinski definition) is 1. The Morgan fingerprint density at radius 1 is 1.07 bits per heavy atom. The van der Waals surface area contributed by atoms with Crippen LogP contribution in [0, 0.1) is 23.7 Å². The zero-order chi connectivity index (χ0) is 9.54. The maximum Gasteiger partial charge on any atom is 0.0101 e. The first-order chi connectivity index (χ1) is 6.90. The highest BCUT2D eigenvalue weighted by molar-refractivity contribution is 5.05. The smallest absolute Gasteiger partial charge is 0.0101 e. The standard InChI is InChI=1S/C13H23N/c1-2-6-14-13-8-9-7-12(13)11-5-3-4-10(9)11/h9-14H,2-8H2,1H3. The summed E-state index contributed by atoms with van der Waals surface area (Å²) in [5.74, 6) is 4.46. The Hall–Kier alpha value is -0.0400. The third kappa shape index (κ3) is 1.25. The lowest BCUT2D eigenvalue weighted by atomic mass is 9.79. The van der Waals surface area contributed by atoms with Gasteiger partial charge < -0.3 is 5.32 Å². The first-order valence-electron chi connectivity index (χ1n) is 6.63. The van der Waals surface area contributed by atoms with Crippen LogP contribution in [0.25, 0.3) is 0 Å². The molecule has 1 nitrogen and oxygen atoms in total. The molecular weight excluding hydrogens is 170 g/mol. The molecule has 80 valence electrons.